The highest BCUT2D eigenvalue weighted by atomic mass is 16.3. The van der Waals surface area contributed by atoms with Crippen molar-refractivity contribution >= 4 is 16.7 Å². The van der Waals surface area contributed by atoms with Crippen molar-refractivity contribution in [3.05, 3.63) is 42.0 Å². The number of aromatic hydroxyl groups is 1. The van der Waals surface area contributed by atoms with Gasteiger partial charge in [-0.1, -0.05) is 36.3 Å². The van der Waals surface area contributed by atoms with Crippen LogP contribution in [0.4, 0.5) is 0 Å². The van der Waals surface area contributed by atoms with E-state index in [0.717, 1.165) is 5.39 Å². The summed E-state index contributed by atoms with van der Waals surface area (Å²) < 4.78 is 0. The highest BCUT2D eigenvalue weighted by Crippen LogP contribution is 2.28. The Hall–Kier alpha value is -2.47. The highest BCUT2D eigenvalue weighted by molar-refractivity contribution is 6.03. The van der Waals surface area contributed by atoms with Gasteiger partial charge in [-0.25, -0.2) is 0 Å². The van der Waals surface area contributed by atoms with Gasteiger partial charge in [-0.05, 0) is 25.3 Å². The molecule has 19 heavy (non-hydrogen) atoms. The van der Waals surface area contributed by atoms with Crippen molar-refractivity contribution in [1.29, 1.82) is 0 Å². The van der Waals surface area contributed by atoms with Crippen molar-refractivity contribution in [2.75, 3.05) is 0 Å². The molecule has 0 aliphatic rings. The number of hydrogen-bond donors (Lipinski definition) is 2. The number of rotatable bonds is 2. The van der Waals surface area contributed by atoms with Gasteiger partial charge in [-0.15, -0.1) is 6.42 Å². The van der Waals surface area contributed by atoms with Gasteiger partial charge in [0.1, 0.15) is 5.75 Å². The van der Waals surface area contributed by atoms with E-state index >= 15 is 0 Å². The van der Waals surface area contributed by atoms with Crippen LogP contribution in [0.2, 0.25) is 0 Å². The van der Waals surface area contributed by atoms with Crippen LogP contribution in [-0.4, -0.2) is 16.6 Å². The van der Waals surface area contributed by atoms with Crippen molar-refractivity contribution in [2.45, 2.75) is 19.4 Å². The van der Waals surface area contributed by atoms with E-state index in [2.05, 4.69) is 11.2 Å². The largest absolute Gasteiger partial charge is 0.506 e. The summed E-state index contributed by atoms with van der Waals surface area (Å²) in [6.45, 7) is 3.45. The van der Waals surface area contributed by atoms with E-state index in [4.69, 9.17) is 6.42 Å². The number of amides is 1. The number of phenols is 1. The van der Waals surface area contributed by atoms with Crippen LogP contribution < -0.4 is 5.32 Å². The molecular weight excluding hydrogens is 238 g/mol. The van der Waals surface area contributed by atoms with Gasteiger partial charge in [0.05, 0.1) is 11.1 Å². The van der Waals surface area contributed by atoms with Gasteiger partial charge < -0.3 is 10.4 Å². The Morgan fingerprint density at radius 3 is 2.63 bits per heavy atom. The predicted octanol–water partition coefficient (Wildman–Crippen LogP) is 2.69. The summed E-state index contributed by atoms with van der Waals surface area (Å²) in [5.74, 6) is 2.08. The Balaban J connectivity index is 2.44. The maximum Gasteiger partial charge on any atom is 0.256 e. The van der Waals surface area contributed by atoms with E-state index in [1.807, 2.05) is 18.2 Å². The van der Waals surface area contributed by atoms with E-state index < -0.39 is 5.54 Å². The average molecular weight is 253 g/mol. The lowest BCUT2D eigenvalue weighted by Crippen LogP contribution is -2.42. The Labute approximate surface area is 112 Å². The monoisotopic (exact) mass is 253 g/mol. The molecule has 3 heteroatoms. The molecule has 2 N–H and O–H groups in total. The minimum absolute atomic E-state index is 0.0246. The van der Waals surface area contributed by atoms with Crippen molar-refractivity contribution in [3.63, 3.8) is 0 Å². The standard InChI is InChI=1S/C16H15NO2/c1-4-16(2,3)17-15(19)13-10-9-11-7-5-6-8-12(11)14(13)18/h1,5-10,18H,2-3H3,(H,17,19). The van der Waals surface area contributed by atoms with Gasteiger partial charge in [0, 0.05) is 5.39 Å². The Bertz CT molecular complexity index is 681. The van der Waals surface area contributed by atoms with Crippen LogP contribution in [0.1, 0.15) is 24.2 Å². The van der Waals surface area contributed by atoms with Crippen LogP contribution in [0.25, 0.3) is 10.8 Å². The molecule has 0 saturated heterocycles. The van der Waals surface area contributed by atoms with Crippen molar-refractivity contribution in [2.24, 2.45) is 0 Å². The number of fused-ring (bicyclic) bond motifs is 1. The van der Waals surface area contributed by atoms with Crippen molar-refractivity contribution < 1.29 is 9.90 Å². The van der Waals surface area contributed by atoms with Crippen molar-refractivity contribution in [3.8, 4) is 18.1 Å². The first-order chi connectivity index (χ1) is 8.94. The molecule has 3 nitrogen and oxygen atoms in total. The van der Waals surface area contributed by atoms with E-state index in [-0.39, 0.29) is 17.2 Å². The quantitative estimate of drug-likeness (QED) is 0.808. The van der Waals surface area contributed by atoms with Crippen LogP contribution in [0.15, 0.2) is 36.4 Å². The molecule has 1 amide bonds. The first-order valence-electron chi connectivity index (χ1n) is 5.95. The van der Waals surface area contributed by atoms with Crippen LogP contribution in [0, 0.1) is 12.3 Å². The van der Waals surface area contributed by atoms with Gasteiger partial charge in [0.2, 0.25) is 0 Å². The summed E-state index contributed by atoms with van der Waals surface area (Å²) in [6, 6.07) is 10.7. The van der Waals surface area contributed by atoms with Gasteiger partial charge >= 0.3 is 0 Å². The Kier molecular flexibility index (Phi) is 3.18. The van der Waals surface area contributed by atoms with Crippen LogP contribution in [0.3, 0.4) is 0 Å². The minimum atomic E-state index is -0.755. The summed E-state index contributed by atoms with van der Waals surface area (Å²) in [7, 11) is 0. The fourth-order valence-corrected chi connectivity index (χ4v) is 1.83. The predicted molar refractivity (Wildman–Crippen MR) is 76.0 cm³/mol. The molecule has 2 aromatic rings. The lowest BCUT2D eigenvalue weighted by molar-refractivity contribution is 0.0927. The highest BCUT2D eigenvalue weighted by Gasteiger charge is 2.20. The molecule has 0 atom stereocenters. The second kappa shape index (κ2) is 4.66. The van der Waals surface area contributed by atoms with Gasteiger partial charge in [-0.2, -0.15) is 0 Å². The summed E-state index contributed by atoms with van der Waals surface area (Å²) in [6.07, 6.45) is 5.33. The van der Waals surface area contributed by atoms with E-state index in [0.29, 0.717) is 5.39 Å². The van der Waals surface area contributed by atoms with E-state index in [9.17, 15) is 9.90 Å². The first-order valence-corrected chi connectivity index (χ1v) is 5.95. The zero-order chi connectivity index (χ0) is 14.0. The lowest BCUT2D eigenvalue weighted by Gasteiger charge is -2.20. The fourth-order valence-electron chi connectivity index (χ4n) is 1.83. The zero-order valence-corrected chi connectivity index (χ0v) is 10.9. The summed E-state index contributed by atoms with van der Waals surface area (Å²) in [5.41, 5.74) is -0.531. The normalized spacial score (nSPS) is 11.0. The maximum absolute atomic E-state index is 12.1. The number of carbonyl (C=O) groups is 1. The first kappa shape index (κ1) is 13.0. The van der Waals surface area contributed by atoms with Crippen LogP contribution >= 0.6 is 0 Å². The molecule has 0 bridgehead atoms. The average Bonchev–Trinajstić information content (AvgIpc) is 2.39. The zero-order valence-electron chi connectivity index (χ0n) is 10.9. The minimum Gasteiger partial charge on any atom is -0.506 e. The smallest absolute Gasteiger partial charge is 0.256 e. The molecule has 0 aromatic heterocycles. The number of carbonyl (C=O) groups excluding carboxylic acids is 1. The Morgan fingerprint density at radius 2 is 1.95 bits per heavy atom. The summed E-state index contributed by atoms with van der Waals surface area (Å²) >= 11 is 0. The molecule has 0 spiro atoms. The summed E-state index contributed by atoms with van der Waals surface area (Å²) in [4.78, 5) is 12.1. The van der Waals surface area contributed by atoms with Gasteiger partial charge in [-0.3, -0.25) is 4.79 Å². The second-order valence-electron chi connectivity index (χ2n) is 4.91. The molecule has 0 heterocycles. The molecule has 2 rings (SSSR count). The van der Waals surface area contributed by atoms with Crippen molar-refractivity contribution in [1.82, 2.24) is 5.32 Å². The Morgan fingerprint density at radius 1 is 1.26 bits per heavy atom. The van der Waals surface area contributed by atoms with Gasteiger partial charge in [0.15, 0.2) is 0 Å². The second-order valence-corrected chi connectivity index (χ2v) is 4.91. The number of phenolic OH excluding ortho intramolecular Hbond substituents is 1. The molecule has 2 aromatic carbocycles. The molecular formula is C16H15NO2. The SMILES string of the molecule is C#CC(C)(C)NC(=O)c1ccc2ccccc2c1O. The number of benzene rings is 2. The van der Waals surface area contributed by atoms with Crippen LogP contribution in [0.5, 0.6) is 5.75 Å². The third-order valence-electron chi connectivity index (χ3n) is 2.93. The maximum atomic E-state index is 12.1. The third kappa shape index (κ3) is 2.53. The van der Waals surface area contributed by atoms with Gasteiger partial charge in [0.25, 0.3) is 5.91 Å². The molecule has 0 saturated carbocycles. The molecule has 0 fully saturated rings. The molecule has 0 radical (unpaired) electrons. The lowest BCUT2D eigenvalue weighted by atomic mass is 10.0. The number of terminal acetylenes is 1. The fraction of sp³-hybridized carbons (Fsp3) is 0.188. The summed E-state index contributed by atoms with van der Waals surface area (Å²) in [5, 5.41) is 14.4. The van der Waals surface area contributed by atoms with Crippen LogP contribution in [-0.2, 0) is 0 Å². The third-order valence-corrected chi connectivity index (χ3v) is 2.93. The molecule has 96 valence electrons. The topological polar surface area (TPSA) is 49.3 Å². The number of nitrogens with one attached hydrogen (secondary N) is 1. The van der Waals surface area contributed by atoms with E-state index in [1.165, 1.54) is 0 Å². The van der Waals surface area contributed by atoms with E-state index in [1.54, 1.807) is 32.0 Å². The molecule has 0 aliphatic heterocycles. The molecule has 0 aliphatic carbocycles. The number of hydrogen-bond acceptors (Lipinski definition) is 2. The molecule has 0 unspecified atom stereocenters.